The zero-order valence-electron chi connectivity index (χ0n) is 10.0. The molecule has 100 valence electrons. The highest BCUT2D eigenvalue weighted by Crippen LogP contribution is 2.31. The summed E-state index contributed by atoms with van der Waals surface area (Å²) in [4.78, 5) is 9.87. The van der Waals surface area contributed by atoms with Gasteiger partial charge in [0.2, 0.25) is 0 Å². The molecule has 0 amide bonds. The molecule has 1 atom stereocenters. The molecule has 0 heterocycles. The second-order valence-corrected chi connectivity index (χ2v) is 4.74. The molecule has 0 saturated heterocycles. The van der Waals surface area contributed by atoms with Crippen molar-refractivity contribution in [3.05, 3.63) is 33.9 Å². The molecule has 4 nitrogen and oxygen atoms in total. The van der Waals surface area contributed by atoms with Gasteiger partial charge in [0.25, 0.3) is 12.1 Å². The predicted molar refractivity (Wildman–Crippen MR) is 69.5 cm³/mol. The molecule has 0 spiro atoms. The van der Waals surface area contributed by atoms with Gasteiger partial charge in [0.1, 0.15) is 0 Å². The summed E-state index contributed by atoms with van der Waals surface area (Å²) in [6, 6.07) is 3.48. The van der Waals surface area contributed by atoms with E-state index in [0.29, 0.717) is 0 Å². The molecular weight excluding hydrogens is 262 g/mol. The average molecular weight is 276 g/mol. The number of hydrogen-bond donors (Lipinski definition) is 1. The molecule has 0 aliphatic carbocycles. The maximum atomic E-state index is 12.8. The Kier molecular flexibility index (Phi) is 5.33. The lowest BCUT2D eigenvalue weighted by Gasteiger charge is -2.16. The molecule has 0 radical (unpaired) electrons. The van der Waals surface area contributed by atoms with E-state index in [1.807, 2.05) is 13.2 Å². The van der Waals surface area contributed by atoms with Crippen LogP contribution in [0.25, 0.3) is 0 Å². The van der Waals surface area contributed by atoms with Crippen LogP contribution >= 0.6 is 11.8 Å². The number of hydrogen-bond acceptors (Lipinski definition) is 4. The summed E-state index contributed by atoms with van der Waals surface area (Å²) in [5.41, 5.74) is -0.414. The first-order chi connectivity index (χ1) is 8.45. The molecule has 0 bridgehead atoms. The smallest absolute Gasteiger partial charge is 0.270 e. The van der Waals surface area contributed by atoms with Gasteiger partial charge in [-0.15, -0.1) is 0 Å². The Bertz CT molecular complexity index is 430. The van der Waals surface area contributed by atoms with Crippen LogP contribution in [0.15, 0.2) is 18.2 Å². The number of non-ortho nitro benzene ring substituents is 1. The van der Waals surface area contributed by atoms with E-state index in [1.54, 1.807) is 11.8 Å². The van der Waals surface area contributed by atoms with Gasteiger partial charge in [0.15, 0.2) is 0 Å². The highest BCUT2D eigenvalue weighted by atomic mass is 32.2. The van der Waals surface area contributed by atoms with Crippen molar-refractivity contribution < 1.29 is 13.7 Å². The summed E-state index contributed by atoms with van der Waals surface area (Å²) in [6.07, 6.45) is -0.823. The summed E-state index contributed by atoms with van der Waals surface area (Å²) >= 11 is 1.59. The Morgan fingerprint density at radius 3 is 2.67 bits per heavy atom. The lowest BCUT2D eigenvalue weighted by molar-refractivity contribution is -0.385. The quantitative estimate of drug-likeness (QED) is 0.636. The summed E-state index contributed by atoms with van der Waals surface area (Å²) in [5, 5.41) is 13.5. The Balaban J connectivity index is 3.00. The first kappa shape index (κ1) is 14.7. The van der Waals surface area contributed by atoms with Crippen LogP contribution in [0, 0.1) is 10.1 Å². The lowest BCUT2D eigenvalue weighted by atomic mass is 10.1. The van der Waals surface area contributed by atoms with E-state index in [1.165, 1.54) is 12.1 Å². The van der Waals surface area contributed by atoms with Crippen molar-refractivity contribution in [3.8, 4) is 0 Å². The van der Waals surface area contributed by atoms with E-state index in [0.717, 1.165) is 11.8 Å². The molecule has 0 aliphatic heterocycles. The van der Waals surface area contributed by atoms with Crippen LogP contribution in [-0.4, -0.2) is 23.0 Å². The zero-order chi connectivity index (χ0) is 13.7. The lowest BCUT2D eigenvalue weighted by Crippen LogP contribution is -2.18. The van der Waals surface area contributed by atoms with Crippen molar-refractivity contribution in [1.82, 2.24) is 0 Å². The van der Waals surface area contributed by atoms with Crippen LogP contribution < -0.4 is 5.32 Å². The van der Waals surface area contributed by atoms with Crippen LogP contribution in [0.4, 0.5) is 20.2 Å². The maximum absolute atomic E-state index is 12.8. The number of halogens is 2. The van der Waals surface area contributed by atoms with Gasteiger partial charge >= 0.3 is 0 Å². The third-order valence-electron chi connectivity index (χ3n) is 2.30. The van der Waals surface area contributed by atoms with Crippen LogP contribution in [-0.2, 0) is 0 Å². The molecular formula is C11H14F2N2O2S. The molecule has 18 heavy (non-hydrogen) atoms. The standard InChI is InChI=1S/C11H14F2N2O2S/c1-7(6-18-2)14-10-4-3-8(15(16)17)5-9(10)11(12)13/h3-5,7,11,14H,6H2,1-2H3. The first-order valence-corrected chi connectivity index (χ1v) is 6.67. The van der Waals surface area contributed by atoms with E-state index in [2.05, 4.69) is 5.32 Å². The van der Waals surface area contributed by atoms with Crippen LogP contribution in [0.1, 0.15) is 18.9 Å². The van der Waals surface area contributed by atoms with Crippen molar-refractivity contribution in [2.75, 3.05) is 17.3 Å². The number of nitro benzene ring substituents is 1. The monoisotopic (exact) mass is 276 g/mol. The van der Waals surface area contributed by atoms with E-state index >= 15 is 0 Å². The minimum atomic E-state index is -2.74. The Morgan fingerprint density at radius 2 is 2.17 bits per heavy atom. The molecule has 1 unspecified atom stereocenters. The van der Waals surface area contributed by atoms with Gasteiger partial charge in [-0.2, -0.15) is 11.8 Å². The average Bonchev–Trinajstić information content (AvgIpc) is 2.29. The van der Waals surface area contributed by atoms with Crippen LogP contribution in [0.2, 0.25) is 0 Å². The highest BCUT2D eigenvalue weighted by Gasteiger charge is 2.18. The van der Waals surface area contributed by atoms with Crippen molar-refractivity contribution in [1.29, 1.82) is 0 Å². The molecule has 1 rings (SSSR count). The zero-order valence-corrected chi connectivity index (χ0v) is 10.8. The molecule has 0 saturated carbocycles. The summed E-state index contributed by atoms with van der Waals surface area (Å²) < 4.78 is 25.7. The van der Waals surface area contributed by atoms with E-state index in [4.69, 9.17) is 0 Å². The number of nitrogens with zero attached hydrogens (tertiary/aromatic N) is 1. The van der Waals surface area contributed by atoms with Gasteiger partial charge in [-0.25, -0.2) is 8.78 Å². The summed E-state index contributed by atoms with van der Waals surface area (Å²) in [7, 11) is 0. The second-order valence-electron chi connectivity index (χ2n) is 3.83. The van der Waals surface area contributed by atoms with Gasteiger partial charge in [0, 0.05) is 35.2 Å². The van der Waals surface area contributed by atoms with E-state index < -0.39 is 11.3 Å². The Morgan fingerprint density at radius 1 is 1.50 bits per heavy atom. The van der Waals surface area contributed by atoms with Crippen molar-refractivity contribution in [2.24, 2.45) is 0 Å². The first-order valence-electron chi connectivity index (χ1n) is 5.27. The predicted octanol–water partition coefficient (Wildman–Crippen LogP) is 3.70. The van der Waals surface area contributed by atoms with Crippen LogP contribution in [0.5, 0.6) is 0 Å². The number of thioether (sulfide) groups is 1. The minimum Gasteiger partial charge on any atom is -0.381 e. The molecule has 7 heteroatoms. The third kappa shape index (κ3) is 3.83. The number of anilines is 1. The SMILES string of the molecule is CSCC(C)Nc1ccc([N+](=O)[O-])cc1C(F)F. The number of rotatable bonds is 6. The Labute approximate surface area is 108 Å². The summed E-state index contributed by atoms with van der Waals surface area (Å²) in [6.45, 7) is 1.87. The summed E-state index contributed by atoms with van der Waals surface area (Å²) in [5.74, 6) is 0.764. The normalized spacial score (nSPS) is 12.5. The van der Waals surface area contributed by atoms with Gasteiger partial charge < -0.3 is 5.32 Å². The number of alkyl halides is 2. The van der Waals surface area contributed by atoms with E-state index in [9.17, 15) is 18.9 Å². The largest absolute Gasteiger partial charge is 0.381 e. The third-order valence-corrected chi connectivity index (χ3v) is 3.13. The molecule has 1 aromatic carbocycles. The van der Waals surface area contributed by atoms with E-state index in [-0.39, 0.29) is 23.0 Å². The molecule has 0 fully saturated rings. The maximum Gasteiger partial charge on any atom is 0.270 e. The molecule has 0 aliphatic rings. The molecule has 0 aromatic heterocycles. The van der Waals surface area contributed by atoms with Crippen molar-refractivity contribution in [2.45, 2.75) is 19.4 Å². The van der Waals surface area contributed by atoms with Gasteiger partial charge in [-0.1, -0.05) is 0 Å². The van der Waals surface area contributed by atoms with Gasteiger partial charge in [-0.3, -0.25) is 10.1 Å². The minimum absolute atomic E-state index is 0.0129. The fraction of sp³-hybridized carbons (Fsp3) is 0.455. The second kappa shape index (κ2) is 6.53. The van der Waals surface area contributed by atoms with Crippen molar-refractivity contribution >= 4 is 23.1 Å². The molecule has 1 aromatic rings. The fourth-order valence-corrected chi connectivity index (χ4v) is 2.12. The van der Waals surface area contributed by atoms with Crippen molar-refractivity contribution in [3.63, 3.8) is 0 Å². The fourth-order valence-electron chi connectivity index (χ4n) is 1.53. The topological polar surface area (TPSA) is 55.2 Å². The number of nitrogens with one attached hydrogen (secondary N) is 1. The number of nitro groups is 1. The Hall–Kier alpha value is -1.37. The number of benzene rings is 1. The van der Waals surface area contributed by atoms with Crippen LogP contribution in [0.3, 0.4) is 0 Å². The van der Waals surface area contributed by atoms with Gasteiger partial charge in [-0.05, 0) is 19.2 Å². The highest BCUT2D eigenvalue weighted by molar-refractivity contribution is 7.98. The molecule has 1 N–H and O–H groups in total. The van der Waals surface area contributed by atoms with Gasteiger partial charge in [0.05, 0.1) is 4.92 Å².